The van der Waals surface area contributed by atoms with Crippen molar-refractivity contribution in [3.63, 3.8) is 0 Å². The fourth-order valence-corrected chi connectivity index (χ4v) is 4.45. The molecule has 10 radical (unpaired) electrons. The number of piperidine rings is 1. The fourth-order valence-electron chi connectivity index (χ4n) is 4.32. The highest BCUT2D eigenvalue weighted by Crippen LogP contribution is 2.43. The number of carbonyl (C=O) groups is 4. The predicted octanol–water partition coefficient (Wildman–Crippen LogP) is 0.731. The molecule has 0 bridgehead atoms. The van der Waals surface area contributed by atoms with Gasteiger partial charge in [-0.25, -0.2) is 0 Å². The first-order valence-corrected chi connectivity index (χ1v) is 11.2. The molecule has 176 valence electrons. The standard InChI is InChI=1S/C22H13B5ClF2N3O4/c23-15-16(24)21(25,19(36)33(27)18(15)35)31-9-11-7-10(1-6-14(11)17(31)34)8-32(26)20(37)22(29,30)12-2-4-13(28)5-3-12/h1-7,15-16H,8-9H2/t15?,16?,21-/m0/s1. The first-order valence-electron chi connectivity index (χ1n) is 10.8. The molecule has 2 aliphatic heterocycles. The molecule has 0 spiro atoms. The summed E-state index contributed by atoms with van der Waals surface area (Å²) in [6.07, 6.45) is 0. The highest BCUT2D eigenvalue weighted by Gasteiger charge is 2.55. The Balaban J connectivity index is 1.55. The zero-order valence-corrected chi connectivity index (χ0v) is 19.9. The van der Waals surface area contributed by atoms with E-state index in [1.165, 1.54) is 30.3 Å². The number of benzene rings is 2. The van der Waals surface area contributed by atoms with Crippen molar-refractivity contribution >= 4 is 74.7 Å². The Morgan fingerprint density at radius 3 is 2.38 bits per heavy atom. The Morgan fingerprint density at radius 2 is 1.76 bits per heavy atom. The third-order valence-electron chi connectivity index (χ3n) is 6.49. The number of carbonyl (C=O) groups excluding carboxylic acids is 4. The van der Waals surface area contributed by atoms with Gasteiger partial charge in [0.2, 0.25) is 27.8 Å². The monoisotopic (exact) mass is 511 g/mol. The van der Waals surface area contributed by atoms with Crippen LogP contribution in [-0.4, -0.2) is 83.1 Å². The SMILES string of the molecule is [B]C1C(=O)N([B])C(=O)[C@@]([B])(N2Cc3cc(CN([B])C(=O)C(F)(F)c4ccc(Cl)cc4)ccc3C2=O)C1[B]. The van der Waals surface area contributed by atoms with E-state index in [1.54, 1.807) is 0 Å². The maximum Gasteiger partial charge on any atom is 0.348 e. The summed E-state index contributed by atoms with van der Waals surface area (Å²) < 4.78 is 29.4. The van der Waals surface area contributed by atoms with Crippen LogP contribution in [-0.2, 0) is 33.4 Å². The summed E-state index contributed by atoms with van der Waals surface area (Å²) in [5.41, 5.74) is -2.00. The van der Waals surface area contributed by atoms with Gasteiger partial charge in [-0.2, -0.15) is 8.78 Å². The molecule has 3 atom stereocenters. The lowest BCUT2D eigenvalue weighted by atomic mass is 9.48. The van der Waals surface area contributed by atoms with Gasteiger partial charge >= 0.3 is 5.92 Å². The van der Waals surface area contributed by atoms with Crippen LogP contribution in [0.5, 0.6) is 0 Å². The van der Waals surface area contributed by atoms with Crippen LogP contribution in [0.1, 0.15) is 27.0 Å². The molecular weight excluding hydrogens is 498 g/mol. The van der Waals surface area contributed by atoms with Gasteiger partial charge in [-0.05, 0) is 35.1 Å². The van der Waals surface area contributed by atoms with E-state index in [0.29, 0.717) is 15.9 Å². The van der Waals surface area contributed by atoms with E-state index < -0.39 is 58.7 Å². The zero-order valence-electron chi connectivity index (χ0n) is 19.1. The number of rotatable bonds is 5. The normalized spacial score (nSPS) is 23.8. The molecule has 2 aliphatic rings. The van der Waals surface area contributed by atoms with Gasteiger partial charge in [0.15, 0.2) is 0 Å². The minimum absolute atomic E-state index is 0.143. The van der Waals surface area contributed by atoms with E-state index in [0.717, 1.165) is 17.0 Å². The van der Waals surface area contributed by atoms with E-state index in [9.17, 15) is 28.0 Å². The highest BCUT2D eigenvalue weighted by atomic mass is 35.5. The Labute approximate surface area is 222 Å². The van der Waals surface area contributed by atoms with Crippen LogP contribution >= 0.6 is 11.6 Å². The molecule has 4 amide bonds. The molecule has 2 aromatic carbocycles. The van der Waals surface area contributed by atoms with Crippen molar-refractivity contribution in [3.05, 3.63) is 69.7 Å². The van der Waals surface area contributed by atoms with Crippen molar-refractivity contribution in [3.8, 4) is 0 Å². The molecule has 0 aromatic heterocycles. The van der Waals surface area contributed by atoms with E-state index in [2.05, 4.69) is 0 Å². The van der Waals surface area contributed by atoms with Crippen molar-refractivity contribution in [1.29, 1.82) is 0 Å². The summed E-state index contributed by atoms with van der Waals surface area (Å²) in [5, 5.41) is 0.223. The Bertz CT molecular complexity index is 1320. The molecule has 1 saturated heterocycles. The lowest BCUT2D eigenvalue weighted by Gasteiger charge is -2.51. The third kappa shape index (κ3) is 4.29. The van der Waals surface area contributed by atoms with E-state index >= 15 is 0 Å². The average molecular weight is 511 g/mol. The van der Waals surface area contributed by atoms with Gasteiger partial charge in [0.1, 0.15) is 7.85 Å². The van der Waals surface area contributed by atoms with Gasteiger partial charge in [0.25, 0.3) is 11.8 Å². The highest BCUT2D eigenvalue weighted by molar-refractivity contribution is 6.47. The van der Waals surface area contributed by atoms with Crippen LogP contribution in [0.15, 0.2) is 42.5 Å². The summed E-state index contributed by atoms with van der Waals surface area (Å²) in [4.78, 5) is 51.9. The molecule has 0 saturated carbocycles. The second kappa shape index (κ2) is 9.38. The summed E-state index contributed by atoms with van der Waals surface area (Å²) in [6.45, 7) is -0.655. The molecule has 0 N–H and O–H groups in total. The number of fused-ring (bicyclic) bond motifs is 1. The van der Waals surface area contributed by atoms with Crippen LogP contribution in [0.4, 0.5) is 8.78 Å². The van der Waals surface area contributed by atoms with Gasteiger partial charge < -0.3 is 14.5 Å². The molecule has 2 aromatic rings. The van der Waals surface area contributed by atoms with Gasteiger partial charge in [0, 0.05) is 29.2 Å². The minimum atomic E-state index is -3.92. The van der Waals surface area contributed by atoms with Gasteiger partial charge in [-0.3, -0.25) is 19.2 Å². The first kappa shape index (κ1) is 27.0. The third-order valence-corrected chi connectivity index (χ3v) is 6.74. The van der Waals surface area contributed by atoms with Crippen LogP contribution in [0.3, 0.4) is 0 Å². The van der Waals surface area contributed by atoms with E-state index in [1.807, 2.05) is 0 Å². The molecule has 15 heteroatoms. The fraction of sp³-hybridized carbons (Fsp3) is 0.273. The maximum absolute atomic E-state index is 14.7. The number of nitrogens with zero attached hydrogens (tertiary/aromatic N) is 3. The number of alkyl halides is 2. The summed E-state index contributed by atoms with van der Waals surface area (Å²) in [7, 11) is 29.2. The summed E-state index contributed by atoms with van der Waals surface area (Å²) in [6, 6.07) is 8.72. The molecule has 1 fully saturated rings. The lowest BCUT2D eigenvalue weighted by Crippen LogP contribution is -2.68. The molecule has 2 unspecified atom stereocenters. The van der Waals surface area contributed by atoms with E-state index in [-0.39, 0.29) is 21.9 Å². The minimum Gasteiger partial charge on any atom is -0.387 e. The molecule has 37 heavy (non-hydrogen) atoms. The Hall–Kier alpha value is -3.01. The molecule has 4 rings (SSSR count). The number of hydrogen-bond donors (Lipinski definition) is 0. The van der Waals surface area contributed by atoms with Gasteiger partial charge in [-0.1, -0.05) is 41.7 Å². The molecular formula is C22H13B5ClF2N3O4. The van der Waals surface area contributed by atoms with Crippen molar-refractivity contribution in [2.45, 2.75) is 36.1 Å². The zero-order chi connectivity index (χ0) is 27.4. The Kier molecular flexibility index (Phi) is 6.86. The van der Waals surface area contributed by atoms with E-state index in [4.69, 9.17) is 51.1 Å². The maximum atomic E-state index is 14.7. The van der Waals surface area contributed by atoms with Crippen LogP contribution < -0.4 is 0 Å². The van der Waals surface area contributed by atoms with Crippen LogP contribution in [0.2, 0.25) is 16.7 Å². The second-order valence-electron chi connectivity index (χ2n) is 8.79. The average Bonchev–Trinajstić information content (AvgIpc) is 3.20. The van der Waals surface area contributed by atoms with Crippen molar-refractivity contribution in [1.82, 2.24) is 14.5 Å². The molecule has 2 heterocycles. The van der Waals surface area contributed by atoms with Crippen molar-refractivity contribution in [2.24, 2.45) is 0 Å². The Morgan fingerprint density at radius 1 is 1.14 bits per heavy atom. The number of amides is 4. The topological polar surface area (TPSA) is 78.0 Å². The van der Waals surface area contributed by atoms with Crippen LogP contribution in [0.25, 0.3) is 0 Å². The molecule has 7 nitrogen and oxygen atoms in total. The number of halogens is 3. The quantitative estimate of drug-likeness (QED) is 0.439. The van der Waals surface area contributed by atoms with Crippen molar-refractivity contribution in [2.75, 3.05) is 0 Å². The first-order chi connectivity index (χ1) is 17.2. The summed E-state index contributed by atoms with van der Waals surface area (Å²) >= 11 is 5.72. The second-order valence-corrected chi connectivity index (χ2v) is 9.22. The lowest BCUT2D eigenvalue weighted by molar-refractivity contribution is -0.154. The van der Waals surface area contributed by atoms with Crippen molar-refractivity contribution < 1.29 is 28.0 Å². The summed E-state index contributed by atoms with van der Waals surface area (Å²) in [5.74, 6) is -11.2. The van der Waals surface area contributed by atoms with Gasteiger partial charge in [0.05, 0.1) is 21.1 Å². The largest absolute Gasteiger partial charge is 0.387 e. The number of imide groups is 1. The predicted molar refractivity (Wildman–Crippen MR) is 133 cm³/mol. The number of hydrogen-bond acceptors (Lipinski definition) is 4. The smallest absolute Gasteiger partial charge is 0.348 e. The van der Waals surface area contributed by atoms with Crippen LogP contribution in [0, 0.1) is 0 Å². The molecule has 0 aliphatic carbocycles. The van der Waals surface area contributed by atoms with Gasteiger partial charge in [-0.15, -0.1) is 0 Å².